The van der Waals surface area contributed by atoms with Crippen LogP contribution in [0.15, 0.2) is 6.20 Å². The first-order valence-corrected chi connectivity index (χ1v) is 6.46. The predicted molar refractivity (Wildman–Crippen MR) is 51.2 cm³/mol. The monoisotopic (exact) mass is 221 g/mol. The van der Waals surface area contributed by atoms with Gasteiger partial charge in [0.05, 0.1) is 11.5 Å². The van der Waals surface area contributed by atoms with Crippen LogP contribution in [-0.4, -0.2) is 24.3 Å². The van der Waals surface area contributed by atoms with Crippen LogP contribution in [-0.2, 0) is 22.2 Å². The van der Waals surface area contributed by atoms with Gasteiger partial charge >= 0.3 is 0 Å². The second kappa shape index (κ2) is 4.17. The predicted octanol–water partition coefficient (Wildman–Crippen LogP) is 0.570. The zero-order valence-electron chi connectivity index (χ0n) is 7.23. The molecule has 1 aromatic rings. The second-order valence-corrected chi connectivity index (χ2v) is 6.11. The van der Waals surface area contributed by atoms with Crippen molar-refractivity contribution in [3.63, 3.8) is 0 Å². The van der Waals surface area contributed by atoms with Gasteiger partial charge in [-0.1, -0.05) is 6.92 Å². The van der Waals surface area contributed by atoms with Gasteiger partial charge in [-0.3, -0.25) is 0 Å². The van der Waals surface area contributed by atoms with Crippen LogP contribution in [0.5, 0.6) is 0 Å². The molecule has 0 fully saturated rings. The summed E-state index contributed by atoms with van der Waals surface area (Å²) in [6.45, 7) is 1.53. The molecule has 0 atom stereocenters. The average Bonchev–Trinajstić information content (AvgIpc) is 2.52. The lowest BCUT2D eigenvalue weighted by Gasteiger charge is -1.95. The Balaban J connectivity index is 2.75. The molecule has 1 N–H and O–H groups in total. The molecule has 4 nitrogen and oxygen atoms in total. The second-order valence-electron chi connectivity index (χ2n) is 2.56. The number of hydrogen-bond donors (Lipinski definition) is 1. The number of aliphatic hydroxyl groups is 1. The fourth-order valence-corrected chi connectivity index (χ4v) is 2.79. The van der Waals surface area contributed by atoms with Gasteiger partial charge in [0, 0.05) is 11.9 Å². The summed E-state index contributed by atoms with van der Waals surface area (Å²) in [5, 5.41) is 9.27. The Kier molecular flexibility index (Phi) is 3.40. The number of nitrogens with zero attached hydrogens (tertiary/aromatic N) is 1. The number of hydrogen-bond acceptors (Lipinski definition) is 5. The summed E-state index contributed by atoms with van der Waals surface area (Å²) in [5.41, 5.74) is 0. The minimum absolute atomic E-state index is 0.0197. The molecule has 74 valence electrons. The van der Waals surface area contributed by atoms with Crippen LogP contribution < -0.4 is 0 Å². The Bertz CT molecular complexity index is 369. The summed E-state index contributed by atoms with van der Waals surface area (Å²) in [5.74, 6) is 0.106. The molecule has 0 amide bonds. The molecular weight excluding hydrogens is 210 g/mol. The van der Waals surface area contributed by atoms with Gasteiger partial charge in [-0.25, -0.2) is 13.4 Å². The third kappa shape index (κ3) is 3.06. The van der Waals surface area contributed by atoms with Crippen LogP contribution in [0.3, 0.4) is 0 Å². The molecule has 1 heterocycles. The molecule has 0 spiro atoms. The summed E-state index contributed by atoms with van der Waals surface area (Å²) in [6, 6.07) is 0. The van der Waals surface area contributed by atoms with Gasteiger partial charge in [0.1, 0.15) is 10.8 Å². The third-order valence-electron chi connectivity index (χ3n) is 1.54. The minimum atomic E-state index is -3.00. The summed E-state index contributed by atoms with van der Waals surface area (Å²) >= 11 is 1.23. The Hall–Kier alpha value is -0.460. The zero-order chi connectivity index (χ0) is 9.90. The highest BCUT2D eigenvalue weighted by Crippen LogP contribution is 2.15. The number of thiazole rings is 1. The highest BCUT2D eigenvalue weighted by Gasteiger charge is 2.11. The fraction of sp³-hybridized carbons (Fsp3) is 0.571. The molecule has 1 rings (SSSR count). The molecule has 0 unspecified atom stereocenters. The molecule has 0 aliphatic carbocycles. The molecule has 0 radical (unpaired) electrons. The van der Waals surface area contributed by atoms with Crippen molar-refractivity contribution in [3.05, 3.63) is 16.1 Å². The Morgan fingerprint density at radius 2 is 2.31 bits per heavy atom. The maximum atomic E-state index is 11.2. The van der Waals surface area contributed by atoms with E-state index < -0.39 is 9.84 Å². The summed E-state index contributed by atoms with van der Waals surface area (Å²) in [4.78, 5) is 4.60. The highest BCUT2D eigenvalue weighted by molar-refractivity contribution is 7.90. The van der Waals surface area contributed by atoms with E-state index >= 15 is 0 Å². The molecular formula is C7H11NO3S2. The minimum Gasteiger partial charge on any atom is -0.391 e. The standard InChI is InChI=1S/C7H11NO3S2/c1-2-13(10,11)5-7-8-3-6(4-9)12-7/h3,9H,2,4-5H2,1H3. The van der Waals surface area contributed by atoms with Gasteiger partial charge in [0.15, 0.2) is 9.84 Å². The lowest BCUT2D eigenvalue weighted by molar-refractivity contribution is 0.285. The maximum absolute atomic E-state index is 11.2. The topological polar surface area (TPSA) is 67.3 Å². The van der Waals surface area contributed by atoms with Crippen molar-refractivity contribution in [1.82, 2.24) is 4.98 Å². The maximum Gasteiger partial charge on any atom is 0.156 e. The smallest absolute Gasteiger partial charge is 0.156 e. The van der Waals surface area contributed by atoms with Gasteiger partial charge in [-0.15, -0.1) is 11.3 Å². The average molecular weight is 221 g/mol. The van der Waals surface area contributed by atoms with E-state index in [2.05, 4.69) is 4.98 Å². The number of rotatable bonds is 4. The first kappa shape index (κ1) is 10.6. The molecule has 0 saturated carbocycles. The summed E-state index contributed by atoms with van der Waals surface area (Å²) < 4.78 is 22.3. The SMILES string of the molecule is CCS(=O)(=O)Cc1ncc(CO)s1. The molecule has 0 aliphatic heterocycles. The van der Waals surface area contributed by atoms with Crippen molar-refractivity contribution in [2.75, 3.05) is 5.75 Å². The fourth-order valence-electron chi connectivity index (χ4n) is 0.778. The Morgan fingerprint density at radius 3 is 2.77 bits per heavy atom. The van der Waals surface area contributed by atoms with Crippen molar-refractivity contribution >= 4 is 21.2 Å². The van der Waals surface area contributed by atoms with E-state index in [0.717, 1.165) is 0 Å². The number of sulfone groups is 1. The molecule has 6 heteroatoms. The van der Waals surface area contributed by atoms with E-state index in [1.54, 1.807) is 6.92 Å². The van der Waals surface area contributed by atoms with Crippen molar-refractivity contribution in [1.29, 1.82) is 0 Å². The van der Waals surface area contributed by atoms with Gasteiger partial charge in [0.2, 0.25) is 0 Å². The van der Waals surface area contributed by atoms with Crippen LogP contribution in [0.1, 0.15) is 16.8 Å². The van der Waals surface area contributed by atoms with Crippen molar-refractivity contribution in [2.45, 2.75) is 19.3 Å². The van der Waals surface area contributed by atoms with E-state index in [4.69, 9.17) is 5.11 Å². The van der Waals surface area contributed by atoms with E-state index in [9.17, 15) is 8.42 Å². The summed E-state index contributed by atoms with van der Waals surface area (Å²) in [6.07, 6.45) is 1.51. The molecule has 1 aromatic heterocycles. The van der Waals surface area contributed by atoms with Crippen LogP contribution in [0, 0.1) is 0 Å². The number of aromatic nitrogens is 1. The van der Waals surface area contributed by atoms with Crippen LogP contribution >= 0.6 is 11.3 Å². The van der Waals surface area contributed by atoms with Crippen molar-refractivity contribution < 1.29 is 13.5 Å². The van der Waals surface area contributed by atoms with E-state index in [1.807, 2.05) is 0 Å². The van der Waals surface area contributed by atoms with E-state index in [-0.39, 0.29) is 18.1 Å². The lowest BCUT2D eigenvalue weighted by atomic mass is 10.6. The van der Waals surface area contributed by atoms with Crippen molar-refractivity contribution in [2.24, 2.45) is 0 Å². The molecule has 0 bridgehead atoms. The van der Waals surface area contributed by atoms with Crippen LogP contribution in [0.25, 0.3) is 0 Å². The zero-order valence-corrected chi connectivity index (χ0v) is 8.86. The van der Waals surface area contributed by atoms with Crippen LogP contribution in [0.4, 0.5) is 0 Å². The molecule has 13 heavy (non-hydrogen) atoms. The van der Waals surface area contributed by atoms with Crippen molar-refractivity contribution in [3.8, 4) is 0 Å². The number of aliphatic hydroxyl groups excluding tert-OH is 1. The highest BCUT2D eigenvalue weighted by atomic mass is 32.2. The Morgan fingerprint density at radius 1 is 1.62 bits per heavy atom. The van der Waals surface area contributed by atoms with Gasteiger partial charge < -0.3 is 5.11 Å². The quantitative estimate of drug-likeness (QED) is 0.807. The largest absolute Gasteiger partial charge is 0.391 e. The van der Waals surface area contributed by atoms with E-state index in [1.165, 1.54) is 17.5 Å². The van der Waals surface area contributed by atoms with Gasteiger partial charge in [-0.05, 0) is 0 Å². The normalized spacial score (nSPS) is 11.8. The summed E-state index contributed by atoms with van der Waals surface area (Å²) in [7, 11) is -3.00. The first-order chi connectivity index (χ1) is 6.07. The van der Waals surface area contributed by atoms with Gasteiger partial charge in [-0.2, -0.15) is 0 Å². The van der Waals surface area contributed by atoms with Gasteiger partial charge in [0.25, 0.3) is 0 Å². The first-order valence-electron chi connectivity index (χ1n) is 3.82. The Labute approximate surface area is 81.2 Å². The lowest BCUT2D eigenvalue weighted by Crippen LogP contribution is -2.05. The van der Waals surface area contributed by atoms with E-state index in [0.29, 0.717) is 9.88 Å². The molecule has 0 saturated heterocycles. The van der Waals surface area contributed by atoms with Crippen LogP contribution in [0.2, 0.25) is 0 Å². The molecule has 0 aromatic carbocycles. The molecule has 0 aliphatic rings. The third-order valence-corrected chi connectivity index (χ3v) is 4.30.